The molecule has 0 N–H and O–H groups in total. The van der Waals surface area contributed by atoms with Crippen LogP contribution in [0.5, 0.6) is 5.75 Å². The van der Waals surface area contributed by atoms with E-state index in [1.165, 1.54) is 5.56 Å². The number of rotatable bonds is 3. The average molecular weight is 281 g/mol. The maximum Gasteiger partial charge on any atom is 0.254 e. The van der Waals surface area contributed by atoms with E-state index in [4.69, 9.17) is 4.74 Å². The molecule has 1 aliphatic rings. The minimum absolute atomic E-state index is 0.0901. The maximum atomic E-state index is 12.6. The smallest absolute Gasteiger partial charge is 0.254 e. The molecule has 0 radical (unpaired) electrons. The van der Waals surface area contributed by atoms with E-state index in [0.29, 0.717) is 11.5 Å². The normalized spacial score (nSPS) is 17.8. The van der Waals surface area contributed by atoms with Crippen LogP contribution in [0, 0.1) is 0 Å². The first kappa shape index (κ1) is 13.7. The lowest BCUT2D eigenvalue weighted by atomic mass is 9.99. The van der Waals surface area contributed by atoms with Gasteiger partial charge < -0.3 is 9.64 Å². The van der Waals surface area contributed by atoms with Gasteiger partial charge in [0.25, 0.3) is 5.91 Å². The summed E-state index contributed by atoms with van der Waals surface area (Å²) < 4.78 is 5.19. The highest BCUT2D eigenvalue weighted by molar-refractivity contribution is 5.94. The van der Waals surface area contributed by atoms with Crippen molar-refractivity contribution in [3.05, 3.63) is 65.7 Å². The van der Waals surface area contributed by atoms with Crippen molar-refractivity contribution in [2.24, 2.45) is 0 Å². The fraction of sp³-hybridized carbons (Fsp3) is 0.278. The zero-order chi connectivity index (χ0) is 14.7. The van der Waals surface area contributed by atoms with Crippen molar-refractivity contribution in [3.63, 3.8) is 0 Å². The van der Waals surface area contributed by atoms with Gasteiger partial charge in [-0.1, -0.05) is 36.4 Å². The van der Waals surface area contributed by atoms with Gasteiger partial charge in [0.15, 0.2) is 0 Å². The molecule has 0 saturated carbocycles. The molecule has 2 aromatic rings. The lowest BCUT2D eigenvalue weighted by Gasteiger charge is -2.17. The molecule has 1 aliphatic heterocycles. The number of nitrogens with zero attached hydrogens (tertiary/aromatic N) is 1. The van der Waals surface area contributed by atoms with Crippen molar-refractivity contribution < 1.29 is 9.53 Å². The molecule has 3 nitrogen and oxygen atoms in total. The third-order valence-corrected chi connectivity index (χ3v) is 4.06. The summed E-state index contributed by atoms with van der Waals surface area (Å²) in [4.78, 5) is 14.5. The van der Waals surface area contributed by atoms with Gasteiger partial charge >= 0.3 is 0 Å². The molecule has 3 rings (SSSR count). The van der Waals surface area contributed by atoms with Gasteiger partial charge in [0.2, 0.25) is 0 Å². The van der Waals surface area contributed by atoms with E-state index in [1.54, 1.807) is 13.2 Å². The third-order valence-electron chi connectivity index (χ3n) is 4.06. The Labute approximate surface area is 125 Å². The molecule has 1 saturated heterocycles. The number of benzene rings is 2. The van der Waals surface area contributed by atoms with Gasteiger partial charge in [-0.3, -0.25) is 4.79 Å². The fourth-order valence-electron chi connectivity index (χ4n) is 2.88. The maximum absolute atomic E-state index is 12.6. The van der Waals surface area contributed by atoms with Crippen LogP contribution in [0.4, 0.5) is 0 Å². The van der Waals surface area contributed by atoms with Gasteiger partial charge in [0.1, 0.15) is 5.75 Å². The summed E-state index contributed by atoms with van der Waals surface area (Å²) in [5.74, 6) is 1.26. The van der Waals surface area contributed by atoms with Gasteiger partial charge in [0, 0.05) is 24.6 Å². The Balaban J connectivity index is 1.72. The summed E-state index contributed by atoms with van der Waals surface area (Å²) in [6.07, 6.45) is 1.03. The molecule has 3 heteroatoms. The van der Waals surface area contributed by atoms with Crippen LogP contribution >= 0.6 is 0 Å². The highest BCUT2D eigenvalue weighted by Crippen LogP contribution is 2.28. The van der Waals surface area contributed by atoms with Gasteiger partial charge in [0.05, 0.1) is 7.11 Å². The fourth-order valence-corrected chi connectivity index (χ4v) is 2.88. The van der Waals surface area contributed by atoms with Crippen molar-refractivity contribution in [2.75, 3.05) is 20.2 Å². The minimum Gasteiger partial charge on any atom is -0.497 e. The standard InChI is InChI=1S/C18H19NO2/c1-21-17-9-5-8-15(12-17)18(20)19-11-10-16(13-19)14-6-3-2-4-7-14/h2-9,12,16H,10-11,13H2,1H3. The van der Waals surface area contributed by atoms with Gasteiger partial charge in [-0.05, 0) is 30.2 Å². The number of methoxy groups -OCH3 is 1. The van der Waals surface area contributed by atoms with E-state index in [2.05, 4.69) is 24.3 Å². The highest BCUT2D eigenvalue weighted by Gasteiger charge is 2.27. The molecule has 0 aromatic heterocycles. The van der Waals surface area contributed by atoms with Crippen LogP contribution in [-0.4, -0.2) is 31.0 Å². The molecule has 2 aromatic carbocycles. The van der Waals surface area contributed by atoms with Crippen LogP contribution in [0.1, 0.15) is 28.3 Å². The number of carbonyl (C=O) groups excluding carboxylic acids is 1. The summed E-state index contributed by atoms with van der Waals surface area (Å²) >= 11 is 0. The van der Waals surface area contributed by atoms with Crippen molar-refractivity contribution in [2.45, 2.75) is 12.3 Å². The molecule has 0 bridgehead atoms. The largest absolute Gasteiger partial charge is 0.497 e. The van der Waals surface area contributed by atoms with E-state index in [1.807, 2.05) is 29.2 Å². The molecular weight excluding hydrogens is 262 g/mol. The summed E-state index contributed by atoms with van der Waals surface area (Å²) in [5, 5.41) is 0. The Morgan fingerprint density at radius 3 is 2.71 bits per heavy atom. The number of hydrogen-bond donors (Lipinski definition) is 0. The zero-order valence-electron chi connectivity index (χ0n) is 12.2. The van der Waals surface area contributed by atoms with E-state index in [-0.39, 0.29) is 5.91 Å². The topological polar surface area (TPSA) is 29.5 Å². The average Bonchev–Trinajstić information content (AvgIpc) is 3.05. The SMILES string of the molecule is COc1cccc(C(=O)N2CCC(c3ccccc3)C2)c1. The van der Waals surface area contributed by atoms with Crippen LogP contribution < -0.4 is 4.74 Å². The Morgan fingerprint density at radius 1 is 1.14 bits per heavy atom. The van der Waals surface area contributed by atoms with Crippen LogP contribution in [0.2, 0.25) is 0 Å². The third kappa shape index (κ3) is 2.92. The van der Waals surface area contributed by atoms with Crippen LogP contribution in [0.3, 0.4) is 0 Å². The highest BCUT2D eigenvalue weighted by atomic mass is 16.5. The second-order valence-electron chi connectivity index (χ2n) is 5.38. The Hall–Kier alpha value is -2.29. The summed E-state index contributed by atoms with van der Waals surface area (Å²) in [6.45, 7) is 1.61. The second kappa shape index (κ2) is 6.00. The van der Waals surface area contributed by atoms with E-state index in [9.17, 15) is 4.79 Å². The molecular formula is C18H19NO2. The summed E-state index contributed by atoms with van der Waals surface area (Å²) in [7, 11) is 1.62. The first-order chi connectivity index (χ1) is 10.3. The number of amides is 1. The molecule has 21 heavy (non-hydrogen) atoms. The van der Waals surface area contributed by atoms with E-state index in [0.717, 1.165) is 25.3 Å². The molecule has 0 spiro atoms. The number of carbonyl (C=O) groups is 1. The van der Waals surface area contributed by atoms with Crippen LogP contribution in [0.25, 0.3) is 0 Å². The molecule has 108 valence electrons. The summed E-state index contributed by atoms with van der Waals surface area (Å²) in [6, 6.07) is 17.8. The quantitative estimate of drug-likeness (QED) is 0.863. The number of likely N-dealkylation sites (tertiary alicyclic amines) is 1. The van der Waals surface area contributed by atoms with Gasteiger partial charge in [-0.15, -0.1) is 0 Å². The molecule has 1 heterocycles. The van der Waals surface area contributed by atoms with Gasteiger partial charge in [-0.2, -0.15) is 0 Å². The monoisotopic (exact) mass is 281 g/mol. The lowest BCUT2D eigenvalue weighted by molar-refractivity contribution is 0.0790. The van der Waals surface area contributed by atoms with Crippen LogP contribution in [0.15, 0.2) is 54.6 Å². The molecule has 1 unspecified atom stereocenters. The molecule has 1 amide bonds. The first-order valence-corrected chi connectivity index (χ1v) is 7.26. The Morgan fingerprint density at radius 2 is 1.95 bits per heavy atom. The van der Waals surface area contributed by atoms with Crippen molar-refractivity contribution >= 4 is 5.91 Å². The first-order valence-electron chi connectivity index (χ1n) is 7.26. The molecule has 1 atom stereocenters. The Kier molecular flexibility index (Phi) is 3.91. The Bertz CT molecular complexity index is 624. The number of hydrogen-bond acceptors (Lipinski definition) is 2. The molecule has 0 aliphatic carbocycles. The minimum atomic E-state index is 0.0901. The molecule has 1 fully saturated rings. The van der Waals surface area contributed by atoms with Gasteiger partial charge in [-0.25, -0.2) is 0 Å². The van der Waals surface area contributed by atoms with Crippen LogP contribution in [-0.2, 0) is 0 Å². The zero-order valence-corrected chi connectivity index (χ0v) is 12.2. The van der Waals surface area contributed by atoms with Crippen molar-refractivity contribution in [3.8, 4) is 5.75 Å². The predicted molar refractivity (Wildman–Crippen MR) is 82.7 cm³/mol. The number of ether oxygens (including phenoxy) is 1. The predicted octanol–water partition coefficient (Wildman–Crippen LogP) is 3.32. The second-order valence-corrected chi connectivity index (χ2v) is 5.38. The van der Waals surface area contributed by atoms with E-state index >= 15 is 0 Å². The van der Waals surface area contributed by atoms with E-state index < -0.39 is 0 Å². The van der Waals surface area contributed by atoms with Crippen molar-refractivity contribution in [1.29, 1.82) is 0 Å². The summed E-state index contributed by atoms with van der Waals surface area (Å²) in [5.41, 5.74) is 2.02. The lowest BCUT2D eigenvalue weighted by Crippen LogP contribution is -2.28. The van der Waals surface area contributed by atoms with Crippen molar-refractivity contribution in [1.82, 2.24) is 4.90 Å².